The maximum atomic E-state index is 12.0. The number of hydrogen-bond acceptors (Lipinski definition) is 3. The highest BCUT2D eigenvalue weighted by atomic mass is 16.5. The summed E-state index contributed by atoms with van der Waals surface area (Å²) in [4.78, 5) is 25.4. The van der Waals surface area contributed by atoms with Crippen LogP contribution < -0.4 is 15.0 Å². The van der Waals surface area contributed by atoms with Gasteiger partial charge in [-0.3, -0.25) is 9.59 Å². The van der Waals surface area contributed by atoms with Crippen LogP contribution in [0, 0.1) is 5.92 Å². The Morgan fingerprint density at radius 2 is 2.18 bits per heavy atom. The van der Waals surface area contributed by atoms with Gasteiger partial charge in [0, 0.05) is 13.6 Å². The van der Waals surface area contributed by atoms with Crippen molar-refractivity contribution in [3.63, 3.8) is 0 Å². The van der Waals surface area contributed by atoms with E-state index in [1.807, 2.05) is 18.2 Å². The third-order valence-electron chi connectivity index (χ3n) is 3.74. The fourth-order valence-electron chi connectivity index (χ4n) is 2.36. The summed E-state index contributed by atoms with van der Waals surface area (Å²) in [6, 6.07) is 5.58. The predicted octanol–water partition coefficient (Wildman–Crippen LogP) is 2.14. The summed E-state index contributed by atoms with van der Waals surface area (Å²) in [5.74, 6) is 1.29. The lowest BCUT2D eigenvalue weighted by Gasteiger charge is -2.17. The third-order valence-corrected chi connectivity index (χ3v) is 3.74. The number of carbonyl (C=O) groups is 2. The molecule has 0 aliphatic carbocycles. The fourth-order valence-corrected chi connectivity index (χ4v) is 2.36. The number of ether oxygens (including phenoxy) is 1. The second-order valence-corrected chi connectivity index (χ2v) is 6.06. The van der Waals surface area contributed by atoms with Crippen LogP contribution in [0.1, 0.15) is 32.3 Å². The van der Waals surface area contributed by atoms with Gasteiger partial charge in [0.1, 0.15) is 5.75 Å². The van der Waals surface area contributed by atoms with Gasteiger partial charge in [0.05, 0.1) is 25.1 Å². The lowest BCUT2D eigenvalue weighted by molar-refractivity contribution is -0.120. The van der Waals surface area contributed by atoms with Gasteiger partial charge in [0.2, 0.25) is 11.8 Å². The van der Waals surface area contributed by atoms with Gasteiger partial charge >= 0.3 is 0 Å². The van der Waals surface area contributed by atoms with Crippen molar-refractivity contribution in [2.75, 3.05) is 25.1 Å². The Morgan fingerprint density at radius 1 is 1.41 bits per heavy atom. The van der Waals surface area contributed by atoms with Crippen LogP contribution in [0.3, 0.4) is 0 Å². The minimum Gasteiger partial charge on any atom is -0.491 e. The zero-order valence-corrected chi connectivity index (χ0v) is 13.5. The minimum atomic E-state index is 0.00381. The molecule has 0 aromatic heterocycles. The summed E-state index contributed by atoms with van der Waals surface area (Å²) in [5, 5.41) is 2.92. The highest BCUT2D eigenvalue weighted by molar-refractivity contribution is 5.95. The highest BCUT2D eigenvalue weighted by Gasteiger charge is 2.20. The average Bonchev–Trinajstić information content (AvgIpc) is 2.59. The number of amides is 2. The third kappa shape index (κ3) is 4.23. The standard InChI is InChI=1S/C17H24N2O3/c1-12(2)6-8-18-16(20)11-13-4-5-15-14(10-13)19(3)17(21)7-9-22-15/h4-5,10,12H,6-9,11H2,1-3H3,(H,18,20). The molecular formula is C17H24N2O3. The molecule has 1 heterocycles. The smallest absolute Gasteiger partial charge is 0.230 e. The monoisotopic (exact) mass is 304 g/mol. The number of rotatable bonds is 5. The van der Waals surface area contributed by atoms with Crippen LogP contribution in [0.2, 0.25) is 0 Å². The topological polar surface area (TPSA) is 58.6 Å². The first-order chi connectivity index (χ1) is 10.5. The van der Waals surface area contributed by atoms with E-state index in [1.165, 1.54) is 0 Å². The van der Waals surface area contributed by atoms with E-state index in [1.54, 1.807) is 11.9 Å². The quantitative estimate of drug-likeness (QED) is 0.906. The number of carbonyl (C=O) groups excluding carboxylic acids is 2. The van der Waals surface area contributed by atoms with Crippen LogP contribution in [0.5, 0.6) is 5.75 Å². The maximum absolute atomic E-state index is 12.0. The van der Waals surface area contributed by atoms with Crippen LogP contribution in [0.4, 0.5) is 5.69 Å². The van der Waals surface area contributed by atoms with Crippen LogP contribution >= 0.6 is 0 Å². The largest absolute Gasteiger partial charge is 0.491 e. The normalized spacial score (nSPS) is 14.4. The van der Waals surface area contributed by atoms with Gasteiger partial charge in [-0.2, -0.15) is 0 Å². The highest BCUT2D eigenvalue weighted by Crippen LogP contribution is 2.31. The Bertz CT molecular complexity index is 555. The first-order valence-electron chi connectivity index (χ1n) is 7.76. The predicted molar refractivity (Wildman–Crippen MR) is 86.1 cm³/mol. The van der Waals surface area contributed by atoms with Crippen LogP contribution in [-0.4, -0.2) is 32.0 Å². The van der Waals surface area contributed by atoms with Crippen molar-refractivity contribution in [3.8, 4) is 5.75 Å². The molecule has 0 spiro atoms. The zero-order valence-electron chi connectivity index (χ0n) is 13.5. The number of nitrogens with one attached hydrogen (secondary N) is 1. The van der Waals surface area contributed by atoms with Crippen molar-refractivity contribution in [2.45, 2.75) is 33.1 Å². The Labute approximate surface area is 131 Å². The lowest BCUT2D eigenvalue weighted by Crippen LogP contribution is -2.27. The van der Waals surface area contributed by atoms with E-state index in [-0.39, 0.29) is 11.8 Å². The van der Waals surface area contributed by atoms with Gasteiger partial charge < -0.3 is 15.0 Å². The van der Waals surface area contributed by atoms with E-state index in [0.717, 1.165) is 17.7 Å². The zero-order chi connectivity index (χ0) is 16.1. The Balaban J connectivity index is 2.02. The molecule has 2 rings (SSSR count). The summed E-state index contributed by atoms with van der Waals surface area (Å²) in [7, 11) is 1.74. The molecule has 5 nitrogen and oxygen atoms in total. The SMILES string of the molecule is CC(C)CCNC(=O)Cc1ccc2c(c1)N(C)C(=O)CCO2. The van der Waals surface area contributed by atoms with Gasteiger partial charge in [0.15, 0.2) is 0 Å². The van der Waals surface area contributed by atoms with E-state index in [4.69, 9.17) is 4.74 Å². The summed E-state index contributed by atoms with van der Waals surface area (Å²) in [6.07, 6.45) is 1.66. The summed E-state index contributed by atoms with van der Waals surface area (Å²) < 4.78 is 5.58. The van der Waals surface area contributed by atoms with Crippen LogP contribution in [0.15, 0.2) is 18.2 Å². The van der Waals surface area contributed by atoms with Crippen molar-refractivity contribution in [2.24, 2.45) is 5.92 Å². The molecule has 1 N–H and O–H groups in total. The summed E-state index contributed by atoms with van der Waals surface area (Å²) in [5.41, 5.74) is 1.61. The van der Waals surface area contributed by atoms with E-state index in [9.17, 15) is 9.59 Å². The summed E-state index contributed by atoms with van der Waals surface area (Å²) >= 11 is 0. The molecule has 1 aliphatic heterocycles. The van der Waals surface area contributed by atoms with E-state index in [2.05, 4.69) is 19.2 Å². The number of fused-ring (bicyclic) bond motifs is 1. The molecule has 0 bridgehead atoms. The number of nitrogens with zero attached hydrogens (tertiary/aromatic N) is 1. The molecule has 1 aromatic rings. The van der Waals surface area contributed by atoms with Crippen LogP contribution in [0.25, 0.3) is 0 Å². The molecule has 0 saturated heterocycles. The van der Waals surface area contributed by atoms with Gasteiger partial charge in [-0.05, 0) is 30.0 Å². The summed E-state index contributed by atoms with van der Waals surface area (Å²) in [6.45, 7) is 5.35. The van der Waals surface area contributed by atoms with Crippen molar-refractivity contribution < 1.29 is 14.3 Å². The first kappa shape index (κ1) is 16.3. The average molecular weight is 304 g/mol. The van der Waals surface area contributed by atoms with E-state index < -0.39 is 0 Å². The Kier molecular flexibility index (Phi) is 5.41. The fraction of sp³-hybridized carbons (Fsp3) is 0.529. The second-order valence-electron chi connectivity index (χ2n) is 6.06. The lowest BCUT2D eigenvalue weighted by atomic mass is 10.1. The molecule has 120 valence electrons. The molecule has 1 aromatic carbocycles. The molecular weight excluding hydrogens is 280 g/mol. The van der Waals surface area contributed by atoms with E-state index >= 15 is 0 Å². The Hall–Kier alpha value is -2.04. The molecule has 0 atom stereocenters. The number of anilines is 1. The van der Waals surface area contributed by atoms with Gasteiger partial charge in [-0.25, -0.2) is 0 Å². The molecule has 22 heavy (non-hydrogen) atoms. The van der Waals surface area contributed by atoms with Crippen molar-refractivity contribution in [1.29, 1.82) is 0 Å². The Morgan fingerprint density at radius 3 is 2.91 bits per heavy atom. The molecule has 0 radical (unpaired) electrons. The maximum Gasteiger partial charge on any atom is 0.230 e. The van der Waals surface area contributed by atoms with Crippen LogP contribution in [-0.2, 0) is 16.0 Å². The van der Waals surface area contributed by atoms with Gasteiger partial charge in [0.25, 0.3) is 0 Å². The second kappa shape index (κ2) is 7.29. The van der Waals surface area contributed by atoms with Crippen molar-refractivity contribution in [3.05, 3.63) is 23.8 Å². The first-order valence-corrected chi connectivity index (χ1v) is 7.76. The molecule has 0 unspecified atom stereocenters. The van der Waals surface area contributed by atoms with Crippen molar-refractivity contribution >= 4 is 17.5 Å². The van der Waals surface area contributed by atoms with Gasteiger partial charge in [-0.15, -0.1) is 0 Å². The molecule has 0 fully saturated rings. The minimum absolute atomic E-state index is 0.00381. The molecule has 5 heteroatoms. The van der Waals surface area contributed by atoms with Crippen molar-refractivity contribution in [1.82, 2.24) is 5.32 Å². The molecule has 1 aliphatic rings. The molecule has 2 amide bonds. The number of benzene rings is 1. The van der Waals surface area contributed by atoms with E-state index in [0.29, 0.717) is 37.7 Å². The van der Waals surface area contributed by atoms with Gasteiger partial charge in [-0.1, -0.05) is 19.9 Å². The molecule has 0 saturated carbocycles. The number of hydrogen-bond donors (Lipinski definition) is 1.